The zero-order valence-electron chi connectivity index (χ0n) is 8.61. The van der Waals surface area contributed by atoms with Gasteiger partial charge in [-0.05, 0) is 13.8 Å². The Kier molecular flexibility index (Phi) is 3.01. The number of aryl methyl sites for hydroxylation is 1. The fourth-order valence-corrected chi connectivity index (χ4v) is 1.07. The van der Waals surface area contributed by atoms with Crippen molar-refractivity contribution in [1.29, 1.82) is 0 Å². The first-order valence-electron chi connectivity index (χ1n) is 4.40. The molecule has 5 heteroatoms. The van der Waals surface area contributed by atoms with Gasteiger partial charge in [0.05, 0.1) is 11.9 Å². The number of nitrogens with two attached hydrogens (primary N) is 1. The SMILES string of the molecule is CCN(C)c1ncc(C)nc1C(N)=O. The molecule has 0 unspecified atom stereocenters. The monoisotopic (exact) mass is 194 g/mol. The number of primary amides is 1. The number of aromatic nitrogens is 2. The molecule has 1 rings (SSSR count). The molecule has 0 bridgehead atoms. The molecule has 0 aliphatic heterocycles. The normalized spacial score (nSPS) is 9.93. The van der Waals surface area contributed by atoms with Crippen LogP contribution in [0.25, 0.3) is 0 Å². The van der Waals surface area contributed by atoms with Gasteiger partial charge in [-0.3, -0.25) is 4.79 Å². The Morgan fingerprint density at radius 2 is 2.29 bits per heavy atom. The number of hydrogen-bond acceptors (Lipinski definition) is 4. The molecule has 0 saturated heterocycles. The van der Waals surface area contributed by atoms with Crippen molar-refractivity contribution in [2.75, 3.05) is 18.5 Å². The van der Waals surface area contributed by atoms with Crippen LogP contribution in [0, 0.1) is 6.92 Å². The van der Waals surface area contributed by atoms with Crippen molar-refractivity contribution in [1.82, 2.24) is 9.97 Å². The topological polar surface area (TPSA) is 72.1 Å². The molecule has 0 radical (unpaired) electrons. The van der Waals surface area contributed by atoms with E-state index in [1.807, 2.05) is 18.9 Å². The number of amides is 1. The molecule has 14 heavy (non-hydrogen) atoms. The predicted molar refractivity (Wildman–Crippen MR) is 54.2 cm³/mol. The fourth-order valence-electron chi connectivity index (χ4n) is 1.07. The molecule has 0 fully saturated rings. The van der Waals surface area contributed by atoms with Crippen LogP contribution in [0.4, 0.5) is 5.82 Å². The van der Waals surface area contributed by atoms with Crippen molar-refractivity contribution in [3.05, 3.63) is 17.6 Å². The third kappa shape index (κ3) is 1.99. The highest BCUT2D eigenvalue weighted by Crippen LogP contribution is 2.13. The number of carbonyl (C=O) groups is 1. The van der Waals surface area contributed by atoms with Crippen molar-refractivity contribution in [2.24, 2.45) is 5.73 Å². The number of rotatable bonds is 3. The molecule has 76 valence electrons. The van der Waals surface area contributed by atoms with Gasteiger partial charge in [0.25, 0.3) is 5.91 Å². The van der Waals surface area contributed by atoms with Gasteiger partial charge in [-0.15, -0.1) is 0 Å². The quantitative estimate of drug-likeness (QED) is 0.753. The van der Waals surface area contributed by atoms with Crippen molar-refractivity contribution < 1.29 is 4.79 Å². The zero-order valence-corrected chi connectivity index (χ0v) is 8.61. The minimum absolute atomic E-state index is 0.231. The van der Waals surface area contributed by atoms with Gasteiger partial charge in [-0.1, -0.05) is 0 Å². The lowest BCUT2D eigenvalue weighted by Gasteiger charge is -2.17. The molecule has 1 aromatic rings. The second-order valence-electron chi connectivity index (χ2n) is 3.06. The van der Waals surface area contributed by atoms with E-state index in [9.17, 15) is 4.79 Å². The van der Waals surface area contributed by atoms with Gasteiger partial charge in [0.1, 0.15) is 0 Å². The largest absolute Gasteiger partial charge is 0.364 e. The van der Waals surface area contributed by atoms with Gasteiger partial charge in [0, 0.05) is 13.6 Å². The highest BCUT2D eigenvalue weighted by Gasteiger charge is 2.14. The average molecular weight is 194 g/mol. The predicted octanol–water partition coefficient (Wildman–Crippen LogP) is 0.340. The molecule has 0 aromatic carbocycles. The van der Waals surface area contributed by atoms with Crippen LogP contribution in [0.15, 0.2) is 6.20 Å². The summed E-state index contributed by atoms with van der Waals surface area (Å²) in [5, 5.41) is 0. The summed E-state index contributed by atoms with van der Waals surface area (Å²) in [6.07, 6.45) is 1.62. The maximum Gasteiger partial charge on any atom is 0.271 e. The standard InChI is InChI=1S/C9H14N4O/c1-4-13(3)9-7(8(10)14)12-6(2)5-11-9/h5H,4H2,1-3H3,(H2,10,14). The summed E-state index contributed by atoms with van der Waals surface area (Å²) in [5.74, 6) is -0.0119. The van der Waals surface area contributed by atoms with Gasteiger partial charge in [0.2, 0.25) is 0 Å². The third-order valence-electron chi connectivity index (χ3n) is 1.94. The molecule has 0 aliphatic carbocycles. The number of nitrogens with zero attached hydrogens (tertiary/aromatic N) is 3. The summed E-state index contributed by atoms with van der Waals surface area (Å²) in [7, 11) is 1.84. The van der Waals surface area contributed by atoms with Gasteiger partial charge < -0.3 is 10.6 Å². The Bertz CT molecular complexity index is 351. The van der Waals surface area contributed by atoms with Crippen LogP contribution < -0.4 is 10.6 Å². The smallest absolute Gasteiger partial charge is 0.271 e. The van der Waals surface area contributed by atoms with E-state index in [0.717, 1.165) is 6.54 Å². The fraction of sp³-hybridized carbons (Fsp3) is 0.444. The molecule has 5 nitrogen and oxygen atoms in total. The molecular weight excluding hydrogens is 180 g/mol. The lowest BCUT2D eigenvalue weighted by atomic mass is 10.3. The van der Waals surface area contributed by atoms with Crippen molar-refractivity contribution in [3.63, 3.8) is 0 Å². The average Bonchev–Trinajstić information content (AvgIpc) is 2.16. The summed E-state index contributed by atoms with van der Waals surface area (Å²) in [4.78, 5) is 21.1. The minimum Gasteiger partial charge on any atom is -0.364 e. The van der Waals surface area contributed by atoms with Crippen LogP contribution in [-0.2, 0) is 0 Å². The third-order valence-corrected chi connectivity index (χ3v) is 1.94. The van der Waals surface area contributed by atoms with Crippen LogP contribution in [-0.4, -0.2) is 29.5 Å². The van der Waals surface area contributed by atoms with E-state index in [-0.39, 0.29) is 5.69 Å². The molecule has 1 amide bonds. The Morgan fingerprint density at radius 1 is 1.64 bits per heavy atom. The van der Waals surface area contributed by atoms with E-state index in [1.54, 1.807) is 13.1 Å². The van der Waals surface area contributed by atoms with E-state index in [4.69, 9.17) is 5.73 Å². The number of hydrogen-bond donors (Lipinski definition) is 1. The second-order valence-corrected chi connectivity index (χ2v) is 3.06. The molecule has 0 spiro atoms. The van der Waals surface area contributed by atoms with E-state index < -0.39 is 5.91 Å². The summed E-state index contributed by atoms with van der Waals surface area (Å²) < 4.78 is 0. The van der Waals surface area contributed by atoms with Gasteiger partial charge in [0.15, 0.2) is 11.5 Å². The Labute approximate surface area is 83.0 Å². The Hall–Kier alpha value is -1.65. The van der Waals surface area contributed by atoms with Gasteiger partial charge >= 0.3 is 0 Å². The van der Waals surface area contributed by atoms with E-state index >= 15 is 0 Å². The minimum atomic E-state index is -0.545. The van der Waals surface area contributed by atoms with Gasteiger partial charge in [-0.2, -0.15) is 0 Å². The van der Waals surface area contributed by atoms with Crippen LogP contribution in [0.2, 0.25) is 0 Å². The first-order valence-corrected chi connectivity index (χ1v) is 4.40. The van der Waals surface area contributed by atoms with Gasteiger partial charge in [-0.25, -0.2) is 9.97 Å². The summed E-state index contributed by atoms with van der Waals surface area (Å²) in [6, 6.07) is 0. The Morgan fingerprint density at radius 3 is 2.79 bits per heavy atom. The summed E-state index contributed by atoms with van der Waals surface area (Å²) in [5.41, 5.74) is 6.13. The van der Waals surface area contributed by atoms with Crippen LogP contribution in [0.5, 0.6) is 0 Å². The highest BCUT2D eigenvalue weighted by molar-refractivity contribution is 5.95. The molecule has 0 saturated carbocycles. The van der Waals surface area contributed by atoms with Crippen molar-refractivity contribution in [3.8, 4) is 0 Å². The van der Waals surface area contributed by atoms with E-state index in [1.165, 1.54) is 0 Å². The van der Waals surface area contributed by atoms with E-state index in [2.05, 4.69) is 9.97 Å². The van der Waals surface area contributed by atoms with E-state index in [0.29, 0.717) is 11.5 Å². The molecular formula is C9H14N4O. The lowest BCUT2D eigenvalue weighted by Crippen LogP contribution is -2.24. The van der Waals surface area contributed by atoms with Crippen LogP contribution in [0.1, 0.15) is 23.1 Å². The number of carbonyl (C=O) groups excluding carboxylic acids is 1. The molecule has 1 aromatic heterocycles. The molecule has 0 aliphatic rings. The molecule has 1 heterocycles. The first-order chi connectivity index (χ1) is 6.56. The van der Waals surface area contributed by atoms with Crippen LogP contribution in [0.3, 0.4) is 0 Å². The summed E-state index contributed by atoms with van der Waals surface area (Å²) >= 11 is 0. The lowest BCUT2D eigenvalue weighted by molar-refractivity contribution is 0.0995. The van der Waals surface area contributed by atoms with Crippen LogP contribution >= 0.6 is 0 Å². The van der Waals surface area contributed by atoms with Crippen molar-refractivity contribution in [2.45, 2.75) is 13.8 Å². The number of anilines is 1. The second kappa shape index (κ2) is 4.04. The molecule has 2 N–H and O–H groups in total. The Balaban J connectivity index is 3.21. The maximum atomic E-state index is 11.1. The first kappa shape index (κ1) is 10.4. The van der Waals surface area contributed by atoms with Crippen molar-refractivity contribution >= 4 is 11.7 Å². The molecule has 0 atom stereocenters. The maximum absolute atomic E-state index is 11.1. The zero-order chi connectivity index (χ0) is 10.7. The summed E-state index contributed by atoms with van der Waals surface area (Å²) in [6.45, 7) is 4.49. The highest BCUT2D eigenvalue weighted by atomic mass is 16.1.